The molecule has 1 unspecified atom stereocenters. The summed E-state index contributed by atoms with van der Waals surface area (Å²) < 4.78 is 32.7. The molecule has 0 spiro atoms. The fourth-order valence-electron chi connectivity index (χ4n) is 3.03. The van der Waals surface area contributed by atoms with E-state index in [0.717, 1.165) is 11.1 Å². The van der Waals surface area contributed by atoms with Gasteiger partial charge in [-0.25, -0.2) is 8.42 Å². The molecule has 5 nitrogen and oxygen atoms in total. The molecule has 1 aliphatic heterocycles. The van der Waals surface area contributed by atoms with Crippen LogP contribution in [-0.4, -0.2) is 31.8 Å². The van der Waals surface area contributed by atoms with Crippen LogP contribution < -0.4 is 4.74 Å². The summed E-state index contributed by atoms with van der Waals surface area (Å²) in [5.41, 5.74) is 1.79. The molecule has 1 aromatic heterocycles. The number of carbonyl (C=O) groups excluding carboxylic acids is 1. The lowest BCUT2D eigenvalue weighted by atomic mass is 10.00. The number of piperidine rings is 1. The van der Waals surface area contributed by atoms with Crippen molar-refractivity contribution in [3.8, 4) is 5.75 Å². The first kappa shape index (κ1) is 18.1. The molecule has 1 atom stereocenters. The first-order valence-electron chi connectivity index (χ1n) is 8.21. The molecule has 0 bridgehead atoms. The molecular formula is C18H21NO4S2. The highest BCUT2D eigenvalue weighted by molar-refractivity contribution is 7.91. The summed E-state index contributed by atoms with van der Waals surface area (Å²) in [7, 11) is -3.53. The minimum absolute atomic E-state index is 0.171. The third-order valence-electron chi connectivity index (χ3n) is 4.42. The first-order valence-corrected chi connectivity index (χ1v) is 10.5. The Morgan fingerprint density at radius 1 is 1.20 bits per heavy atom. The van der Waals surface area contributed by atoms with Gasteiger partial charge in [0.2, 0.25) is 0 Å². The summed E-state index contributed by atoms with van der Waals surface area (Å²) in [5.74, 6) is -0.225. The molecule has 0 saturated carbocycles. The largest absolute Gasteiger partial charge is 0.426 e. The van der Waals surface area contributed by atoms with E-state index in [1.807, 2.05) is 32.0 Å². The van der Waals surface area contributed by atoms with Gasteiger partial charge in [0.05, 0.1) is 5.92 Å². The Bertz CT molecular complexity index is 839. The van der Waals surface area contributed by atoms with Crippen molar-refractivity contribution in [2.75, 3.05) is 13.1 Å². The zero-order valence-electron chi connectivity index (χ0n) is 14.3. The predicted octanol–water partition coefficient (Wildman–Crippen LogP) is 3.37. The molecule has 1 aliphatic rings. The van der Waals surface area contributed by atoms with Crippen LogP contribution >= 0.6 is 11.3 Å². The second kappa shape index (κ2) is 7.27. The van der Waals surface area contributed by atoms with Crippen molar-refractivity contribution < 1.29 is 17.9 Å². The molecule has 2 heterocycles. The van der Waals surface area contributed by atoms with Gasteiger partial charge in [-0.2, -0.15) is 4.31 Å². The topological polar surface area (TPSA) is 63.7 Å². The van der Waals surface area contributed by atoms with E-state index in [-0.39, 0.29) is 12.5 Å². The molecule has 3 rings (SSSR count). The Labute approximate surface area is 152 Å². The fraction of sp³-hybridized carbons (Fsp3) is 0.389. The molecule has 1 aromatic carbocycles. The monoisotopic (exact) mass is 379 g/mol. The van der Waals surface area contributed by atoms with E-state index in [1.54, 1.807) is 17.5 Å². The van der Waals surface area contributed by atoms with Crippen LogP contribution in [0.3, 0.4) is 0 Å². The smallest absolute Gasteiger partial charge is 0.315 e. The number of para-hydroxylation sites is 1. The predicted molar refractivity (Wildman–Crippen MR) is 97.4 cm³/mol. The van der Waals surface area contributed by atoms with Crippen molar-refractivity contribution in [1.82, 2.24) is 4.31 Å². The highest BCUT2D eigenvalue weighted by Gasteiger charge is 2.34. The van der Waals surface area contributed by atoms with Crippen LogP contribution in [0.15, 0.2) is 39.9 Å². The van der Waals surface area contributed by atoms with Gasteiger partial charge in [-0.15, -0.1) is 11.3 Å². The minimum atomic E-state index is -3.53. The Morgan fingerprint density at radius 2 is 1.92 bits per heavy atom. The van der Waals surface area contributed by atoms with Crippen molar-refractivity contribution in [1.29, 1.82) is 0 Å². The Balaban J connectivity index is 1.74. The quantitative estimate of drug-likeness (QED) is 0.603. The zero-order valence-corrected chi connectivity index (χ0v) is 15.9. The molecule has 134 valence electrons. The molecule has 25 heavy (non-hydrogen) atoms. The summed E-state index contributed by atoms with van der Waals surface area (Å²) in [6.07, 6.45) is 1.29. The number of sulfonamides is 1. The van der Waals surface area contributed by atoms with Gasteiger partial charge in [-0.3, -0.25) is 4.79 Å². The van der Waals surface area contributed by atoms with E-state index in [9.17, 15) is 13.2 Å². The van der Waals surface area contributed by atoms with Gasteiger partial charge in [0.1, 0.15) is 9.96 Å². The van der Waals surface area contributed by atoms with Gasteiger partial charge in [-0.05, 0) is 49.3 Å². The van der Waals surface area contributed by atoms with Crippen LogP contribution in [0.5, 0.6) is 5.75 Å². The second-order valence-corrected chi connectivity index (χ2v) is 9.39. The first-order chi connectivity index (χ1) is 11.9. The molecule has 1 saturated heterocycles. The number of ether oxygens (including phenoxy) is 1. The maximum atomic E-state index is 12.7. The summed E-state index contributed by atoms with van der Waals surface area (Å²) >= 11 is 1.19. The van der Waals surface area contributed by atoms with Gasteiger partial charge in [0.25, 0.3) is 10.0 Å². The van der Waals surface area contributed by atoms with Gasteiger partial charge in [0.15, 0.2) is 0 Å². The van der Waals surface area contributed by atoms with E-state index in [0.29, 0.717) is 29.3 Å². The summed E-state index contributed by atoms with van der Waals surface area (Å²) in [4.78, 5) is 12.6. The third kappa shape index (κ3) is 3.78. The Hall–Kier alpha value is -1.70. The molecule has 0 aliphatic carbocycles. The van der Waals surface area contributed by atoms with E-state index in [2.05, 4.69) is 0 Å². The van der Waals surface area contributed by atoms with Crippen molar-refractivity contribution in [3.63, 3.8) is 0 Å². The average Bonchev–Trinajstić information content (AvgIpc) is 3.14. The number of hydrogen-bond acceptors (Lipinski definition) is 5. The average molecular weight is 380 g/mol. The molecule has 7 heteroatoms. The number of aryl methyl sites for hydroxylation is 2. The van der Waals surface area contributed by atoms with E-state index < -0.39 is 15.9 Å². The second-order valence-electron chi connectivity index (χ2n) is 6.28. The number of thiophene rings is 1. The van der Waals surface area contributed by atoms with Gasteiger partial charge >= 0.3 is 5.97 Å². The van der Waals surface area contributed by atoms with Crippen LogP contribution in [0, 0.1) is 19.8 Å². The van der Waals surface area contributed by atoms with Crippen molar-refractivity contribution >= 4 is 27.3 Å². The summed E-state index contributed by atoms with van der Waals surface area (Å²) in [6, 6.07) is 9.01. The summed E-state index contributed by atoms with van der Waals surface area (Å²) in [5, 5.41) is 1.74. The number of nitrogens with zero attached hydrogens (tertiary/aromatic N) is 1. The SMILES string of the molecule is Cc1cccc(C)c1OC(=O)C1CCCN(S(=O)(=O)c2cccs2)C1. The standard InChI is InChI=1S/C18H21NO4S2/c1-13-6-3-7-14(2)17(13)23-18(20)15-8-4-10-19(12-15)25(21,22)16-9-5-11-24-16/h3,5-7,9,11,15H,4,8,10,12H2,1-2H3. The Morgan fingerprint density at radius 3 is 2.56 bits per heavy atom. The lowest BCUT2D eigenvalue weighted by Gasteiger charge is -2.30. The van der Waals surface area contributed by atoms with Crippen LogP contribution in [0.4, 0.5) is 0 Å². The van der Waals surface area contributed by atoms with Gasteiger partial charge in [0, 0.05) is 13.1 Å². The van der Waals surface area contributed by atoms with Crippen LogP contribution in [0.2, 0.25) is 0 Å². The highest BCUT2D eigenvalue weighted by atomic mass is 32.2. The lowest BCUT2D eigenvalue weighted by molar-refractivity contribution is -0.140. The third-order valence-corrected chi connectivity index (χ3v) is 7.66. The number of hydrogen-bond donors (Lipinski definition) is 0. The Kier molecular flexibility index (Phi) is 5.27. The van der Waals surface area contributed by atoms with Crippen molar-refractivity contribution in [2.24, 2.45) is 5.92 Å². The van der Waals surface area contributed by atoms with E-state index in [1.165, 1.54) is 15.6 Å². The normalized spacial score (nSPS) is 18.9. The van der Waals surface area contributed by atoms with Gasteiger partial charge in [-0.1, -0.05) is 24.3 Å². The van der Waals surface area contributed by atoms with Crippen molar-refractivity contribution in [2.45, 2.75) is 30.9 Å². The number of benzene rings is 1. The van der Waals surface area contributed by atoms with E-state index in [4.69, 9.17) is 4.74 Å². The minimum Gasteiger partial charge on any atom is -0.426 e. The van der Waals surface area contributed by atoms with Crippen molar-refractivity contribution in [3.05, 3.63) is 46.8 Å². The number of rotatable bonds is 4. The molecule has 2 aromatic rings. The molecular weight excluding hydrogens is 358 g/mol. The van der Waals surface area contributed by atoms with E-state index >= 15 is 0 Å². The number of carbonyl (C=O) groups is 1. The van der Waals surface area contributed by atoms with Crippen LogP contribution in [0.1, 0.15) is 24.0 Å². The molecule has 0 radical (unpaired) electrons. The lowest BCUT2D eigenvalue weighted by Crippen LogP contribution is -2.43. The summed E-state index contributed by atoms with van der Waals surface area (Å²) in [6.45, 7) is 4.39. The highest BCUT2D eigenvalue weighted by Crippen LogP contribution is 2.29. The van der Waals surface area contributed by atoms with Gasteiger partial charge < -0.3 is 4.74 Å². The zero-order chi connectivity index (χ0) is 18.0. The number of esters is 1. The molecule has 0 amide bonds. The van der Waals surface area contributed by atoms with Crippen LogP contribution in [0.25, 0.3) is 0 Å². The molecule has 1 fully saturated rings. The fourth-order valence-corrected chi connectivity index (χ4v) is 5.70. The van der Waals surface area contributed by atoms with Crippen LogP contribution in [-0.2, 0) is 14.8 Å². The molecule has 0 N–H and O–H groups in total. The maximum Gasteiger partial charge on any atom is 0.315 e. The maximum absolute atomic E-state index is 12.7.